The summed E-state index contributed by atoms with van der Waals surface area (Å²) in [7, 11) is 1.22. The number of nitrogens with zero attached hydrogens (tertiary/aromatic N) is 1. The Morgan fingerprint density at radius 3 is 2.71 bits per heavy atom. The maximum atomic E-state index is 13.3. The Balaban J connectivity index is 3.12. The highest BCUT2D eigenvalue weighted by molar-refractivity contribution is 5.87. The lowest BCUT2D eigenvalue weighted by molar-refractivity contribution is -0.387. The summed E-state index contributed by atoms with van der Waals surface area (Å²) in [6.45, 7) is 1.59. The molecule has 0 N–H and O–H groups in total. The summed E-state index contributed by atoms with van der Waals surface area (Å²) in [6, 6.07) is 2.12. The standard InChI is InChI=1S/C11H10FNO4/c1-7-5-10(13(15)16)9(12)6-8(7)3-4-11(14)17-2/h3-6H,1-2H3. The van der Waals surface area contributed by atoms with E-state index in [1.165, 1.54) is 13.2 Å². The number of esters is 1. The summed E-state index contributed by atoms with van der Waals surface area (Å²) in [5, 5.41) is 10.5. The summed E-state index contributed by atoms with van der Waals surface area (Å²) in [4.78, 5) is 20.5. The van der Waals surface area contributed by atoms with E-state index in [4.69, 9.17) is 0 Å². The minimum absolute atomic E-state index is 0.388. The molecule has 17 heavy (non-hydrogen) atoms. The smallest absolute Gasteiger partial charge is 0.330 e. The van der Waals surface area contributed by atoms with E-state index in [2.05, 4.69) is 4.74 Å². The molecule has 1 aromatic carbocycles. The third-order valence-electron chi connectivity index (χ3n) is 2.13. The fourth-order valence-corrected chi connectivity index (χ4v) is 1.23. The largest absolute Gasteiger partial charge is 0.466 e. The first-order chi connectivity index (χ1) is 7.95. The highest BCUT2D eigenvalue weighted by atomic mass is 19.1. The number of hydrogen-bond acceptors (Lipinski definition) is 4. The van der Waals surface area contributed by atoms with Gasteiger partial charge in [-0.2, -0.15) is 4.39 Å². The molecule has 0 radical (unpaired) electrons. The monoisotopic (exact) mass is 239 g/mol. The number of aryl methyl sites for hydroxylation is 1. The second-order valence-corrected chi connectivity index (χ2v) is 3.27. The molecular weight excluding hydrogens is 229 g/mol. The van der Waals surface area contributed by atoms with E-state index in [1.807, 2.05) is 0 Å². The molecule has 1 rings (SSSR count). The van der Waals surface area contributed by atoms with E-state index < -0.39 is 22.4 Å². The van der Waals surface area contributed by atoms with Gasteiger partial charge in [-0.15, -0.1) is 0 Å². The molecule has 0 fully saturated rings. The van der Waals surface area contributed by atoms with Crippen molar-refractivity contribution in [2.45, 2.75) is 6.92 Å². The van der Waals surface area contributed by atoms with Gasteiger partial charge >= 0.3 is 11.7 Å². The predicted octanol–water partition coefficient (Wildman–Crippen LogP) is 2.23. The Bertz CT molecular complexity index is 496. The molecule has 0 aliphatic rings. The normalized spacial score (nSPS) is 10.5. The molecule has 0 unspecified atom stereocenters. The van der Waals surface area contributed by atoms with E-state index in [9.17, 15) is 19.3 Å². The van der Waals surface area contributed by atoms with Crippen molar-refractivity contribution in [3.8, 4) is 0 Å². The van der Waals surface area contributed by atoms with Crippen molar-refractivity contribution in [3.63, 3.8) is 0 Å². The van der Waals surface area contributed by atoms with Crippen LogP contribution in [0.15, 0.2) is 18.2 Å². The maximum absolute atomic E-state index is 13.3. The van der Waals surface area contributed by atoms with E-state index >= 15 is 0 Å². The van der Waals surface area contributed by atoms with Gasteiger partial charge in [-0.25, -0.2) is 4.79 Å². The predicted molar refractivity (Wildman–Crippen MR) is 58.8 cm³/mol. The van der Waals surface area contributed by atoms with Crippen molar-refractivity contribution >= 4 is 17.7 Å². The summed E-state index contributed by atoms with van der Waals surface area (Å²) in [5.41, 5.74) is 0.300. The summed E-state index contributed by atoms with van der Waals surface area (Å²) >= 11 is 0. The van der Waals surface area contributed by atoms with Crippen LogP contribution in [0.4, 0.5) is 10.1 Å². The molecule has 0 saturated heterocycles. The van der Waals surface area contributed by atoms with Crippen LogP contribution in [0.25, 0.3) is 6.08 Å². The van der Waals surface area contributed by atoms with Gasteiger partial charge in [-0.3, -0.25) is 10.1 Å². The van der Waals surface area contributed by atoms with Crippen LogP contribution in [-0.2, 0) is 9.53 Å². The molecule has 6 heteroatoms. The number of hydrogen-bond donors (Lipinski definition) is 0. The molecular formula is C11H10FNO4. The number of carbonyl (C=O) groups is 1. The quantitative estimate of drug-likeness (QED) is 0.351. The third-order valence-corrected chi connectivity index (χ3v) is 2.13. The van der Waals surface area contributed by atoms with Crippen LogP contribution in [0.2, 0.25) is 0 Å². The van der Waals surface area contributed by atoms with Gasteiger partial charge in [0.25, 0.3) is 0 Å². The van der Waals surface area contributed by atoms with Crippen molar-refractivity contribution in [3.05, 3.63) is 45.3 Å². The molecule has 0 atom stereocenters. The van der Waals surface area contributed by atoms with Gasteiger partial charge in [0.05, 0.1) is 12.0 Å². The number of benzene rings is 1. The number of carbonyl (C=O) groups excluding carboxylic acids is 1. The number of nitro groups is 1. The topological polar surface area (TPSA) is 69.4 Å². The number of methoxy groups -OCH3 is 1. The zero-order valence-corrected chi connectivity index (χ0v) is 9.27. The van der Waals surface area contributed by atoms with Gasteiger partial charge in [0.2, 0.25) is 5.82 Å². The molecule has 1 aromatic rings. The van der Waals surface area contributed by atoms with Gasteiger partial charge in [0.15, 0.2) is 0 Å². The van der Waals surface area contributed by atoms with E-state index in [-0.39, 0.29) is 0 Å². The molecule has 0 aliphatic heterocycles. The van der Waals surface area contributed by atoms with Crippen molar-refractivity contribution in [1.29, 1.82) is 0 Å². The molecule has 5 nitrogen and oxygen atoms in total. The van der Waals surface area contributed by atoms with Crippen LogP contribution in [-0.4, -0.2) is 18.0 Å². The lowest BCUT2D eigenvalue weighted by atomic mass is 10.1. The molecule has 0 amide bonds. The molecule has 0 heterocycles. The fourth-order valence-electron chi connectivity index (χ4n) is 1.23. The zero-order chi connectivity index (χ0) is 13.0. The van der Waals surface area contributed by atoms with Crippen molar-refractivity contribution < 1.29 is 18.8 Å². The average Bonchev–Trinajstić information content (AvgIpc) is 2.28. The lowest BCUT2D eigenvalue weighted by Gasteiger charge is -2.01. The van der Waals surface area contributed by atoms with Gasteiger partial charge in [0, 0.05) is 12.1 Å². The van der Waals surface area contributed by atoms with Gasteiger partial charge < -0.3 is 4.74 Å². The lowest BCUT2D eigenvalue weighted by Crippen LogP contribution is -1.96. The van der Waals surface area contributed by atoms with Crippen molar-refractivity contribution in [2.24, 2.45) is 0 Å². The van der Waals surface area contributed by atoms with Crippen LogP contribution in [0.1, 0.15) is 11.1 Å². The van der Waals surface area contributed by atoms with Crippen LogP contribution in [0, 0.1) is 22.9 Å². The molecule has 90 valence electrons. The molecule has 0 aliphatic carbocycles. The average molecular weight is 239 g/mol. The van der Waals surface area contributed by atoms with Crippen LogP contribution in [0.3, 0.4) is 0 Å². The molecule has 0 spiro atoms. The SMILES string of the molecule is COC(=O)C=Cc1cc(F)c([N+](=O)[O-])cc1C. The third kappa shape index (κ3) is 3.10. The minimum Gasteiger partial charge on any atom is -0.466 e. The fraction of sp³-hybridized carbons (Fsp3) is 0.182. The Labute approximate surface area is 96.7 Å². The number of halogens is 1. The highest BCUT2D eigenvalue weighted by Gasteiger charge is 2.15. The summed E-state index contributed by atoms with van der Waals surface area (Å²) in [6.07, 6.45) is 2.46. The number of rotatable bonds is 3. The van der Waals surface area contributed by atoms with Crippen molar-refractivity contribution in [1.82, 2.24) is 0 Å². The van der Waals surface area contributed by atoms with Gasteiger partial charge in [0.1, 0.15) is 0 Å². The maximum Gasteiger partial charge on any atom is 0.330 e. The van der Waals surface area contributed by atoms with Crippen LogP contribution in [0.5, 0.6) is 0 Å². The number of nitro benzene ring substituents is 1. The molecule has 0 aromatic heterocycles. The Kier molecular flexibility index (Phi) is 3.92. The van der Waals surface area contributed by atoms with Crippen molar-refractivity contribution in [2.75, 3.05) is 7.11 Å². The highest BCUT2D eigenvalue weighted by Crippen LogP contribution is 2.22. The van der Waals surface area contributed by atoms with E-state index in [0.717, 1.165) is 18.2 Å². The molecule has 0 saturated carbocycles. The Morgan fingerprint density at radius 1 is 1.53 bits per heavy atom. The van der Waals surface area contributed by atoms with Crippen LogP contribution < -0.4 is 0 Å². The minimum atomic E-state index is -0.940. The summed E-state index contributed by atoms with van der Waals surface area (Å²) in [5.74, 6) is -1.52. The molecule has 0 bridgehead atoms. The number of ether oxygens (including phenoxy) is 1. The summed E-state index contributed by atoms with van der Waals surface area (Å²) < 4.78 is 17.7. The zero-order valence-electron chi connectivity index (χ0n) is 9.27. The second kappa shape index (κ2) is 5.20. The first kappa shape index (κ1) is 12.8. The Hall–Kier alpha value is -2.24. The van der Waals surface area contributed by atoms with E-state index in [1.54, 1.807) is 6.92 Å². The first-order valence-corrected chi connectivity index (χ1v) is 4.66. The van der Waals surface area contributed by atoms with E-state index in [0.29, 0.717) is 11.1 Å². The van der Waals surface area contributed by atoms with Crippen LogP contribution >= 0.6 is 0 Å². The van der Waals surface area contributed by atoms with Gasteiger partial charge in [-0.05, 0) is 30.2 Å². The Morgan fingerprint density at radius 2 is 2.18 bits per heavy atom. The first-order valence-electron chi connectivity index (χ1n) is 4.66. The van der Waals surface area contributed by atoms with Gasteiger partial charge in [-0.1, -0.05) is 0 Å². The second-order valence-electron chi connectivity index (χ2n) is 3.27.